The summed E-state index contributed by atoms with van der Waals surface area (Å²) in [7, 11) is 0. The summed E-state index contributed by atoms with van der Waals surface area (Å²) in [6.07, 6.45) is 5.00. The van der Waals surface area contributed by atoms with Crippen LogP contribution >= 0.6 is 11.3 Å². The minimum Gasteiger partial charge on any atom is -0.335 e. The number of aromatic nitrogens is 3. The third kappa shape index (κ3) is 2.47. The molecular weight excluding hydrogens is 344 g/mol. The molecule has 1 aliphatic heterocycles. The molecule has 0 saturated heterocycles. The van der Waals surface area contributed by atoms with Gasteiger partial charge in [0.25, 0.3) is 0 Å². The quantitative estimate of drug-likeness (QED) is 0.701. The molecule has 134 valence electrons. The highest BCUT2D eigenvalue weighted by Gasteiger charge is 2.34. The number of hydrogen-bond donors (Lipinski definition) is 0. The fraction of sp³-hybridized carbons (Fsp3) is 0.450. The molecule has 1 amide bonds. The summed E-state index contributed by atoms with van der Waals surface area (Å²) < 4.78 is 3.64. The van der Waals surface area contributed by atoms with Crippen LogP contribution in [0.1, 0.15) is 49.3 Å². The predicted octanol–water partition coefficient (Wildman–Crippen LogP) is 4.10. The van der Waals surface area contributed by atoms with E-state index in [1.807, 2.05) is 24.9 Å². The minimum absolute atomic E-state index is 0.226. The zero-order valence-electron chi connectivity index (χ0n) is 15.2. The molecule has 3 aromatic rings. The summed E-state index contributed by atoms with van der Waals surface area (Å²) >= 11 is 1.75. The Hall–Kier alpha value is -2.21. The number of amides is 1. The molecule has 5 rings (SSSR count). The average Bonchev–Trinajstić information content (AvgIpc) is 3.31. The van der Waals surface area contributed by atoms with E-state index in [4.69, 9.17) is 4.98 Å². The van der Waals surface area contributed by atoms with Gasteiger partial charge in [-0.3, -0.25) is 9.78 Å². The summed E-state index contributed by atoms with van der Waals surface area (Å²) in [6, 6.07) is 2.14. The van der Waals surface area contributed by atoms with Gasteiger partial charge in [-0.15, -0.1) is 11.3 Å². The van der Waals surface area contributed by atoms with Gasteiger partial charge >= 0.3 is 0 Å². The van der Waals surface area contributed by atoms with Gasteiger partial charge in [-0.1, -0.05) is 6.92 Å². The van der Waals surface area contributed by atoms with Gasteiger partial charge in [0.2, 0.25) is 5.91 Å². The van der Waals surface area contributed by atoms with Crippen LogP contribution in [0, 0.1) is 6.92 Å². The Morgan fingerprint density at radius 3 is 2.96 bits per heavy atom. The Morgan fingerprint density at radius 1 is 1.35 bits per heavy atom. The lowest BCUT2D eigenvalue weighted by atomic mass is 10.1. The molecule has 0 aromatic carbocycles. The minimum atomic E-state index is 0.226. The van der Waals surface area contributed by atoms with Gasteiger partial charge in [0.1, 0.15) is 5.82 Å². The third-order valence-electron chi connectivity index (χ3n) is 5.49. The number of pyridine rings is 1. The van der Waals surface area contributed by atoms with Crippen molar-refractivity contribution in [3.8, 4) is 11.3 Å². The van der Waals surface area contributed by atoms with Crippen LogP contribution in [0.2, 0.25) is 0 Å². The lowest BCUT2D eigenvalue weighted by molar-refractivity contribution is -0.132. The van der Waals surface area contributed by atoms with Gasteiger partial charge < -0.3 is 9.47 Å². The van der Waals surface area contributed by atoms with Crippen LogP contribution in [-0.2, 0) is 17.9 Å². The fourth-order valence-electron chi connectivity index (χ4n) is 3.90. The molecule has 4 heterocycles. The van der Waals surface area contributed by atoms with E-state index < -0.39 is 0 Å². The van der Waals surface area contributed by atoms with E-state index in [1.165, 1.54) is 40.0 Å². The normalized spacial score (nSPS) is 16.9. The van der Waals surface area contributed by atoms with Crippen LogP contribution in [0.4, 0.5) is 0 Å². The predicted molar refractivity (Wildman–Crippen MR) is 103 cm³/mol. The van der Waals surface area contributed by atoms with Gasteiger partial charge in [-0.05, 0) is 25.8 Å². The number of carbonyl (C=O) groups excluding carboxylic acids is 1. The first-order chi connectivity index (χ1) is 12.7. The molecule has 1 aliphatic carbocycles. The van der Waals surface area contributed by atoms with Crippen LogP contribution < -0.4 is 0 Å². The van der Waals surface area contributed by atoms with Crippen LogP contribution in [0.5, 0.6) is 0 Å². The maximum absolute atomic E-state index is 12.3. The van der Waals surface area contributed by atoms with E-state index in [0.29, 0.717) is 18.9 Å². The molecule has 0 atom stereocenters. The van der Waals surface area contributed by atoms with Crippen molar-refractivity contribution in [2.45, 2.75) is 52.1 Å². The van der Waals surface area contributed by atoms with Crippen LogP contribution in [0.25, 0.3) is 21.3 Å². The second kappa shape index (κ2) is 5.91. The van der Waals surface area contributed by atoms with E-state index in [-0.39, 0.29) is 5.91 Å². The summed E-state index contributed by atoms with van der Waals surface area (Å²) in [5.41, 5.74) is 4.45. The highest BCUT2D eigenvalue weighted by molar-refractivity contribution is 7.17. The zero-order valence-corrected chi connectivity index (χ0v) is 16.0. The van der Waals surface area contributed by atoms with E-state index in [2.05, 4.69) is 21.0 Å². The van der Waals surface area contributed by atoms with Crippen molar-refractivity contribution in [1.29, 1.82) is 0 Å². The number of nitrogens with zero attached hydrogens (tertiary/aromatic N) is 4. The smallest absolute Gasteiger partial charge is 0.222 e. The maximum atomic E-state index is 12.3. The summed E-state index contributed by atoms with van der Waals surface area (Å²) in [5.74, 6) is 2.04. The van der Waals surface area contributed by atoms with Crippen LogP contribution in [0.3, 0.4) is 0 Å². The third-order valence-corrected chi connectivity index (χ3v) is 6.43. The highest BCUT2D eigenvalue weighted by Crippen LogP contribution is 2.44. The van der Waals surface area contributed by atoms with Crippen molar-refractivity contribution in [2.75, 3.05) is 6.54 Å². The molecule has 0 spiro atoms. The zero-order chi connectivity index (χ0) is 17.8. The molecule has 3 aromatic heterocycles. The Labute approximate surface area is 156 Å². The van der Waals surface area contributed by atoms with Crippen LogP contribution in [-0.4, -0.2) is 31.9 Å². The molecule has 0 N–H and O–H groups in total. The van der Waals surface area contributed by atoms with Gasteiger partial charge in [-0.2, -0.15) is 0 Å². The van der Waals surface area contributed by atoms with E-state index in [1.54, 1.807) is 11.3 Å². The molecule has 2 aliphatic rings. The number of hydrogen-bond acceptors (Lipinski definition) is 4. The average molecular weight is 366 g/mol. The topological polar surface area (TPSA) is 51.0 Å². The van der Waals surface area contributed by atoms with Crippen molar-refractivity contribution < 1.29 is 4.79 Å². The first kappa shape index (κ1) is 16.0. The van der Waals surface area contributed by atoms with Crippen molar-refractivity contribution in [3.63, 3.8) is 0 Å². The summed E-state index contributed by atoms with van der Waals surface area (Å²) in [5, 5.41) is 3.37. The lowest BCUT2D eigenvalue weighted by Crippen LogP contribution is -2.38. The first-order valence-corrected chi connectivity index (χ1v) is 10.2. The number of thiophene rings is 1. The number of rotatable bonds is 3. The lowest BCUT2D eigenvalue weighted by Gasteiger charge is -2.29. The molecule has 5 nitrogen and oxygen atoms in total. The van der Waals surface area contributed by atoms with E-state index in [9.17, 15) is 4.79 Å². The number of aryl methyl sites for hydroxylation is 1. The molecule has 0 radical (unpaired) electrons. The van der Waals surface area contributed by atoms with E-state index in [0.717, 1.165) is 24.5 Å². The Kier molecular flexibility index (Phi) is 3.64. The molecule has 1 fully saturated rings. The highest BCUT2D eigenvalue weighted by atomic mass is 32.1. The van der Waals surface area contributed by atoms with Gasteiger partial charge in [0.05, 0.1) is 17.9 Å². The van der Waals surface area contributed by atoms with Crippen molar-refractivity contribution >= 4 is 27.3 Å². The first-order valence-electron chi connectivity index (χ1n) is 9.37. The standard InChI is InChI=1S/C20H22N4OS/c1-3-18(25)23-6-7-24-16(10-23)19(22-20(24)13-4-5-13)15-11-26-17-8-12(2)21-9-14(15)17/h8-9,11,13H,3-7,10H2,1-2H3. The number of fused-ring (bicyclic) bond motifs is 2. The second-order valence-corrected chi connectivity index (χ2v) is 8.24. The van der Waals surface area contributed by atoms with Crippen LogP contribution in [0.15, 0.2) is 17.6 Å². The van der Waals surface area contributed by atoms with Gasteiger partial charge in [-0.25, -0.2) is 4.98 Å². The molecule has 26 heavy (non-hydrogen) atoms. The van der Waals surface area contributed by atoms with Crippen molar-refractivity contribution in [2.24, 2.45) is 0 Å². The van der Waals surface area contributed by atoms with Crippen molar-refractivity contribution in [1.82, 2.24) is 19.4 Å². The molecule has 1 saturated carbocycles. The Bertz CT molecular complexity index is 1010. The molecule has 6 heteroatoms. The summed E-state index contributed by atoms with van der Waals surface area (Å²) in [4.78, 5) is 23.8. The molecule has 0 bridgehead atoms. The van der Waals surface area contributed by atoms with E-state index >= 15 is 0 Å². The Morgan fingerprint density at radius 2 is 2.19 bits per heavy atom. The molecule has 0 unspecified atom stereocenters. The monoisotopic (exact) mass is 366 g/mol. The largest absolute Gasteiger partial charge is 0.335 e. The molecular formula is C20H22N4OS. The maximum Gasteiger partial charge on any atom is 0.222 e. The summed E-state index contributed by atoms with van der Waals surface area (Å²) in [6.45, 7) is 6.28. The second-order valence-electron chi connectivity index (χ2n) is 7.33. The van der Waals surface area contributed by atoms with Gasteiger partial charge in [0.15, 0.2) is 0 Å². The Balaban J connectivity index is 1.65. The number of carbonyl (C=O) groups is 1. The van der Waals surface area contributed by atoms with Gasteiger partial charge in [0, 0.05) is 58.3 Å². The van der Waals surface area contributed by atoms with Crippen molar-refractivity contribution in [3.05, 3.63) is 34.9 Å². The SMILES string of the molecule is CCC(=O)N1CCn2c(C3CC3)nc(-c3csc4cc(C)ncc34)c2C1. The fourth-order valence-corrected chi connectivity index (χ4v) is 4.92. The number of imidazole rings is 1.